The van der Waals surface area contributed by atoms with Crippen LogP contribution in [0.5, 0.6) is 0 Å². The van der Waals surface area contributed by atoms with Gasteiger partial charge in [0.05, 0.1) is 6.20 Å². The van der Waals surface area contributed by atoms with Gasteiger partial charge in [-0.25, -0.2) is 9.78 Å². The number of aromatic amines is 1. The quantitative estimate of drug-likeness (QED) is 0.677. The summed E-state index contributed by atoms with van der Waals surface area (Å²) in [4.78, 5) is 29.6. The number of aromatic nitrogens is 4. The lowest BCUT2D eigenvalue weighted by atomic mass is 9.95. The van der Waals surface area contributed by atoms with Crippen molar-refractivity contribution in [2.45, 2.75) is 31.7 Å². The number of H-pyrrole nitrogens is 1. The monoisotopic (exact) mass is 419 g/mol. The van der Waals surface area contributed by atoms with E-state index in [4.69, 9.17) is 4.98 Å². The zero-order valence-electron chi connectivity index (χ0n) is 17.9. The highest BCUT2D eigenvalue weighted by atomic mass is 16.1. The minimum absolute atomic E-state index is 0.0597. The number of piperazine rings is 1. The molecule has 3 fully saturated rings. The van der Waals surface area contributed by atoms with Gasteiger partial charge >= 0.3 is 5.69 Å². The Bertz CT molecular complexity index is 1140. The molecule has 2 saturated carbocycles. The van der Waals surface area contributed by atoms with E-state index in [1.54, 1.807) is 6.20 Å². The molecule has 3 atom stereocenters. The van der Waals surface area contributed by atoms with Crippen LogP contribution in [-0.4, -0.2) is 57.6 Å². The molecule has 3 heterocycles. The predicted molar refractivity (Wildman–Crippen MR) is 122 cm³/mol. The van der Waals surface area contributed by atoms with Crippen LogP contribution >= 0.6 is 0 Å². The number of benzene rings is 1. The summed E-state index contributed by atoms with van der Waals surface area (Å²) in [7, 11) is 2.17. The van der Waals surface area contributed by atoms with Gasteiger partial charge in [0.15, 0.2) is 5.65 Å². The standard InChI is InChI=1S/C23H29N7O/c1-28-8-10-29(11-9-28)18-6-4-17(5-7-18)25-22-24-14-19-21(27-22)30(23(31)26-19)20-13-15-2-3-16(20)12-15/h4-7,14-16,20H,2-3,8-13H2,1H3,(H,26,31)(H,24,25,27)/t15-,16+,20+/m1/s1. The molecule has 0 amide bonds. The number of nitrogens with one attached hydrogen (secondary N) is 2. The van der Waals surface area contributed by atoms with Crippen LogP contribution in [0.15, 0.2) is 35.3 Å². The third-order valence-corrected chi connectivity index (χ3v) is 7.48. The number of hydrogen-bond acceptors (Lipinski definition) is 6. The molecule has 0 unspecified atom stereocenters. The fourth-order valence-electron chi connectivity index (χ4n) is 5.76. The van der Waals surface area contributed by atoms with E-state index in [0.29, 0.717) is 23.0 Å². The first-order valence-electron chi connectivity index (χ1n) is 11.4. The Hall–Kier alpha value is -2.87. The van der Waals surface area contributed by atoms with E-state index in [1.165, 1.54) is 24.9 Å². The lowest BCUT2D eigenvalue weighted by Crippen LogP contribution is -2.44. The molecule has 2 N–H and O–H groups in total. The van der Waals surface area contributed by atoms with Crippen molar-refractivity contribution in [3.05, 3.63) is 40.9 Å². The molecule has 2 bridgehead atoms. The minimum Gasteiger partial charge on any atom is -0.369 e. The molecule has 8 heteroatoms. The fourth-order valence-corrected chi connectivity index (χ4v) is 5.76. The van der Waals surface area contributed by atoms with Crippen LogP contribution < -0.4 is 15.9 Å². The van der Waals surface area contributed by atoms with Crippen molar-refractivity contribution in [1.82, 2.24) is 24.4 Å². The Balaban J connectivity index is 1.24. The van der Waals surface area contributed by atoms with Gasteiger partial charge in [-0.1, -0.05) is 6.42 Å². The maximum absolute atomic E-state index is 12.7. The highest BCUT2D eigenvalue weighted by Crippen LogP contribution is 2.50. The van der Waals surface area contributed by atoms with Crippen molar-refractivity contribution in [2.75, 3.05) is 43.4 Å². The molecule has 0 spiro atoms. The van der Waals surface area contributed by atoms with Crippen LogP contribution in [0.25, 0.3) is 11.2 Å². The first kappa shape index (κ1) is 18.9. The van der Waals surface area contributed by atoms with Crippen molar-refractivity contribution in [3.63, 3.8) is 0 Å². The summed E-state index contributed by atoms with van der Waals surface area (Å²) in [6.45, 7) is 4.29. The number of nitrogens with zero attached hydrogens (tertiary/aromatic N) is 5. The van der Waals surface area contributed by atoms with E-state index in [-0.39, 0.29) is 11.7 Å². The van der Waals surface area contributed by atoms with E-state index in [9.17, 15) is 4.79 Å². The molecule has 1 aliphatic heterocycles. The van der Waals surface area contributed by atoms with Crippen LogP contribution in [0.2, 0.25) is 0 Å². The van der Waals surface area contributed by atoms with E-state index < -0.39 is 0 Å². The molecule has 3 aliphatic rings. The van der Waals surface area contributed by atoms with Crippen molar-refractivity contribution >= 4 is 28.5 Å². The highest BCUT2D eigenvalue weighted by molar-refractivity contribution is 5.72. The summed E-state index contributed by atoms with van der Waals surface area (Å²) < 4.78 is 1.89. The minimum atomic E-state index is -0.0597. The number of hydrogen-bond donors (Lipinski definition) is 2. The molecule has 1 aromatic carbocycles. The van der Waals surface area contributed by atoms with Crippen LogP contribution in [0, 0.1) is 11.8 Å². The lowest BCUT2D eigenvalue weighted by molar-refractivity contribution is 0.313. The van der Waals surface area contributed by atoms with Crippen LogP contribution in [0.4, 0.5) is 17.3 Å². The zero-order valence-corrected chi connectivity index (χ0v) is 17.9. The zero-order chi connectivity index (χ0) is 20.9. The fraction of sp³-hybridized carbons (Fsp3) is 0.522. The molecule has 2 aliphatic carbocycles. The Labute approximate surface area is 181 Å². The number of likely N-dealkylation sites (N-methyl/N-ethyl adjacent to an activating group) is 1. The molecule has 0 radical (unpaired) electrons. The molecular weight excluding hydrogens is 390 g/mol. The molecule has 2 aromatic heterocycles. The maximum atomic E-state index is 12.7. The van der Waals surface area contributed by atoms with Crippen molar-refractivity contribution in [1.29, 1.82) is 0 Å². The molecule has 3 aromatic rings. The summed E-state index contributed by atoms with van der Waals surface area (Å²) in [5.74, 6) is 1.90. The summed E-state index contributed by atoms with van der Waals surface area (Å²) in [6.07, 6.45) is 6.60. The van der Waals surface area contributed by atoms with Gasteiger partial charge in [-0.05, 0) is 62.4 Å². The summed E-state index contributed by atoms with van der Waals surface area (Å²) in [5.41, 5.74) is 3.56. The molecular formula is C23H29N7O. The van der Waals surface area contributed by atoms with Crippen molar-refractivity contribution in [2.24, 2.45) is 11.8 Å². The first-order valence-corrected chi connectivity index (χ1v) is 11.4. The van der Waals surface area contributed by atoms with Gasteiger partial charge in [-0.3, -0.25) is 4.57 Å². The number of anilines is 3. The van der Waals surface area contributed by atoms with Gasteiger partial charge < -0.3 is 20.1 Å². The van der Waals surface area contributed by atoms with Gasteiger partial charge in [-0.2, -0.15) is 4.98 Å². The molecule has 31 heavy (non-hydrogen) atoms. The second-order valence-corrected chi connectivity index (χ2v) is 9.44. The first-order chi connectivity index (χ1) is 15.1. The number of imidazole rings is 1. The lowest BCUT2D eigenvalue weighted by Gasteiger charge is -2.34. The summed E-state index contributed by atoms with van der Waals surface area (Å²) in [6, 6.07) is 8.70. The molecule has 8 nitrogen and oxygen atoms in total. The van der Waals surface area contributed by atoms with Crippen molar-refractivity contribution in [3.8, 4) is 0 Å². The predicted octanol–water partition coefficient (Wildman–Crippen LogP) is 2.98. The van der Waals surface area contributed by atoms with Gasteiger partial charge in [0.1, 0.15) is 5.52 Å². The maximum Gasteiger partial charge on any atom is 0.327 e. The average molecular weight is 420 g/mol. The molecule has 162 valence electrons. The largest absolute Gasteiger partial charge is 0.369 e. The van der Waals surface area contributed by atoms with Gasteiger partial charge in [0.2, 0.25) is 5.95 Å². The highest BCUT2D eigenvalue weighted by Gasteiger charge is 2.41. The second kappa shape index (κ2) is 7.37. The third kappa shape index (κ3) is 3.39. The van der Waals surface area contributed by atoms with E-state index >= 15 is 0 Å². The number of fused-ring (bicyclic) bond motifs is 3. The molecule has 1 saturated heterocycles. The van der Waals surface area contributed by atoms with Gasteiger partial charge in [0, 0.05) is 43.6 Å². The Kier molecular flexibility index (Phi) is 4.49. The smallest absolute Gasteiger partial charge is 0.327 e. The summed E-state index contributed by atoms with van der Waals surface area (Å²) >= 11 is 0. The van der Waals surface area contributed by atoms with E-state index in [1.807, 2.05) is 4.57 Å². The Morgan fingerprint density at radius 1 is 1.06 bits per heavy atom. The third-order valence-electron chi connectivity index (χ3n) is 7.48. The normalized spacial score (nSPS) is 26.1. The average Bonchev–Trinajstić information content (AvgIpc) is 3.48. The second-order valence-electron chi connectivity index (χ2n) is 9.44. The van der Waals surface area contributed by atoms with Gasteiger partial charge in [0.25, 0.3) is 0 Å². The topological polar surface area (TPSA) is 82.1 Å². The number of rotatable bonds is 4. The van der Waals surface area contributed by atoms with Crippen molar-refractivity contribution < 1.29 is 0 Å². The summed E-state index contributed by atoms with van der Waals surface area (Å²) in [5, 5.41) is 3.32. The van der Waals surface area contributed by atoms with E-state index in [0.717, 1.165) is 44.2 Å². The molecule has 6 rings (SSSR count). The van der Waals surface area contributed by atoms with Crippen LogP contribution in [-0.2, 0) is 0 Å². The van der Waals surface area contributed by atoms with E-state index in [2.05, 4.69) is 56.4 Å². The van der Waals surface area contributed by atoms with Crippen LogP contribution in [0.1, 0.15) is 31.7 Å². The van der Waals surface area contributed by atoms with Gasteiger partial charge in [-0.15, -0.1) is 0 Å². The van der Waals surface area contributed by atoms with Crippen LogP contribution in [0.3, 0.4) is 0 Å². The Morgan fingerprint density at radius 3 is 2.58 bits per heavy atom. The Morgan fingerprint density at radius 2 is 1.87 bits per heavy atom. The SMILES string of the molecule is CN1CCN(c2ccc(Nc3ncc4[nH]c(=O)n([C@H]5C[C@@H]6CC[C@H]5C6)c4n3)cc2)CC1.